The van der Waals surface area contributed by atoms with Crippen molar-refractivity contribution in [1.82, 2.24) is 0 Å². The Hall–Kier alpha value is -0.200. The van der Waals surface area contributed by atoms with E-state index in [4.69, 9.17) is 23.7 Å². The summed E-state index contributed by atoms with van der Waals surface area (Å²) in [6.07, 6.45) is 2.11. The maximum Gasteiger partial charge on any atom is 0.0701 e. The molecule has 18 heavy (non-hydrogen) atoms. The minimum atomic E-state index is 0.431. The van der Waals surface area contributed by atoms with E-state index in [-0.39, 0.29) is 0 Å². The molecule has 1 heterocycles. The molecular weight excluding hydrogens is 236 g/mol. The summed E-state index contributed by atoms with van der Waals surface area (Å²) < 4.78 is 27.0. The summed E-state index contributed by atoms with van der Waals surface area (Å²) >= 11 is 0. The van der Waals surface area contributed by atoms with E-state index < -0.39 is 0 Å². The van der Waals surface area contributed by atoms with E-state index in [2.05, 4.69) is 0 Å². The fourth-order valence-electron chi connectivity index (χ4n) is 1.79. The van der Waals surface area contributed by atoms with Crippen LogP contribution in [-0.2, 0) is 23.7 Å². The van der Waals surface area contributed by atoms with E-state index in [1.807, 2.05) is 0 Å². The van der Waals surface area contributed by atoms with Crippen molar-refractivity contribution < 1.29 is 23.7 Å². The smallest absolute Gasteiger partial charge is 0.0701 e. The SMILES string of the molecule is COCCCC1COCCOCCOCCOC1. The van der Waals surface area contributed by atoms with Crippen LogP contribution in [0.1, 0.15) is 12.8 Å². The van der Waals surface area contributed by atoms with E-state index in [0.29, 0.717) is 45.6 Å². The number of ether oxygens (including phenoxy) is 5. The molecule has 1 saturated heterocycles. The topological polar surface area (TPSA) is 46.2 Å². The molecule has 0 amide bonds. The standard InChI is InChI=1S/C13H26O5/c1-14-4-2-3-13-11-17-9-7-15-5-6-16-8-10-18-12-13/h13H,2-12H2,1H3. The van der Waals surface area contributed by atoms with Gasteiger partial charge >= 0.3 is 0 Å². The van der Waals surface area contributed by atoms with Gasteiger partial charge in [0.25, 0.3) is 0 Å². The highest BCUT2D eigenvalue weighted by Crippen LogP contribution is 2.08. The van der Waals surface area contributed by atoms with Crippen molar-refractivity contribution >= 4 is 0 Å². The third kappa shape index (κ3) is 8.83. The van der Waals surface area contributed by atoms with Gasteiger partial charge in [0.1, 0.15) is 0 Å². The van der Waals surface area contributed by atoms with Gasteiger partial charge in [0, 0.05) is 19.6 Å². The fraction of sp³-hybridized carbons (Fsp3) is 1.00. The quantitative estimate of drug-likeness (QED) is 0.710. The predicted octanol–water partition coefficient (Wildman–Crippen LogP) is 1.11. The van der Waals surface area contributed by atoms with Gasteiger partial charge in [-0.15, -0.1) is 0 Å². The molecule has 0 bridgehead atoms. The van der Waals surface area contributed by atoms with Gasteiger partial charge in [-0.3, -0.25) is 0 Å². The van der Waals surface area contributed by atoms with E-state index in [1.54, 1.807) is 7.11 Å². The molecule has 5 heteroatoms. The third-order valence-corrected chi connectivity index (χ3v) is 2.78. The third-order valence-electron chi connectivity index (χ3n) is 2.78. The lowest BCUT2D eigenvalue weighted by Crippen LogP contribution is -2.19. The molecule has 1 rings (SSSR count). The largest absolute Gasteiger partial charge is 0.385 e. The lowest BCUT2D eigenvalue weighted by atomic mass is 10.1. The zero-order valence-electron chi connectivity index (χ0n) is 11.4. The molecule has 0 aliphatic carbocycles. The van der Waals surface area contributed by atoms with Crippen molar-refractivity contribution in [3.8, 4) is 0 Å². The molecule has 5 nitrogen and oxygen atoms in total. The highest BCUT2D eigenvalue weighted by atomic mass is 16.6. The van der Waals surface area contributed by atoms with Crippen LogP contribution in [0.2, 0.25) is 0 Å². The van der Waals surface area contributed by atoms with Crippen LogP contribution in [0.25, 0.3) is 0 Å². The highest BCUT2D eigenvalue weighted by molar-refractivity contribution is 4.58. The van der Waals surface area contributed by atoms with Crippen molar-refractivity contribution in [2.24, 2.45) is 5.92 Å². The minimum Gasteiger partial charge on any atom is -0.385 e. The van der Waals surface area contributed by atoms with Crippen LogP contribution >= 0.6 is 0 Å². The maximum atomic E-state index is 5.60. The second-order valence-corrected chi connectivity index (χ2v) is 4.38. The first-order valence-corrected chi connectivity index (χ1v) is 6.73. The Bertz CT molecular complexity index is 163. The summed E-state index contributed by atoms with van der Waals surface area (Å²) in [6, 6.07) is 0. The summed E-state index contributed by atoms with van der Waals surface area (Å²) in [6.45, 7) is 6.05. The summed E-state index contributed by atoms with van der Waals surface area (Å²) in [7, 11) is 1.73. The molecule has 1 aliphatic rings. The Labute approximate surface area is 110 Å². The molecule has 0 saturated carbocycles. The summed E-state index contributed by atoms with van der Waals surface area (Å²) in [5.41, 5.74) is 0. The van der Waals surface area contributed by atoms with E-state index >= 15 is 0 Å². The van der Waals surface area contributed by atoms with Crippen LogP contribution in [0.5, 0.6) is 0 Å². The average Bonchev–Trinajstić information content (AvgIpc) is 2.41. The Morgan fingerprint density at radius 1 is 0.833 bits per heavy atom. The van der Waals surface area contributed by atoms with Gasteiger partial charge in [0.05, 0.1) is 52.9 Å². The molecule has 0 atom stereocenters. The molecule has 0 aromatic carbocycles. The van der Waals surface area contributed by atoms with Crippen molar-refractivity contribution in [3.05, 3.63) is 0 Å². The van der Waals surface area contributed by atoms with Gasteiger partial charge in [-0.2, -0.15) is 0 Å². The number of rotatable bonds is 4. The summed E-state index contributed by atoms with van der Waals surface area (Å²) in [5.74, 6) is 0.431. The Kier molecular flexibility index (Phi) is 10.5. The lowest BCUT2D eigenvalue weighted by Gasteiger charge is -2.17. The zero-order chi connectivity index (χ0) is 12.9. The van der Waals surface area contributed by atoms with Crippen LogP contribution in [0.4, 0.5) is 0 Å². The van der Waals surface area contributed by atoms with Crippen LogP contribution in [0.15, 0.2) is 0 Å². The number of hydrogen-bond donors (Lipinski definition) is 0. The van der Waals surface area contributed by atoms with Gasteiger partial charge in [-0.25, -0.2) is 0 Å². The molecule has 0 unspecified atom stereocenters. The van der Waals surface area contributed by atoms with Gasteiger partial charge in [0.2, 0.25) is 0 Å². The first-order chi connectivity index (χ1) is 8.93. The monoisotopic (exact) mass is 262 g/mol. The molecule has 0 N–H and O–H groups in total. The maximum absolute atomic E-state index is 5.60. The van der Waals surface area contributed by atoms with Crippen molar-refractivity contribution in [1.29, 1.82) is 0 Å². The van der Waals surface area contributed by atoms with Gasteiger partial charge in [-0.05, 0) is 12.8 Å². The molecule has 0 radical (unpaired) electrons. The van der Waals surface area contributed by atoms with Crippen molar-refractivity contribution in [2.45, 2.75) is 12.8 Å². The Balaban J connectivity index is 2.19. The fourth-order valence-corrected chi connectivity index (χ4v) is 1.79. The Morgan fingerprint density at radius 2 is 1.33 bits per heavy atom. The molecule has 0 aromatic heterocycles. The molecular formula is C13H26O5. The molecule has 0 spiro atoms. The number of methoxy groups -OCH3 is 1. The normalized spacial score (nSPS) is 21.8. The molecule has 108 valence electrons. The van der Waals surface area contributed by atoms with E-state index in [1.165, 1.54) is 0 Å². The predicted molar refractivity (Wildman–Crippen MR) is 67.9 cm³/mol. The first kappa shape index (κ1) is 15.9. The second kappa shape index (κ2) is 11.9. The Morgan fingerprint density at radius 3 is 1.83 bits per heavy atom. The average molecular weight is 262 g/mol. The summed E-state index contributed by atoms with van der Waals surface area (Å²) in [4.78, 5) is 0. The van der Waals surface area contributed by atoms with E-state index in [0.717, 1.165) is 32.7 Å². The van der Waals surface area contributed by atoms with Crippen molar-refractivity contribution in [2.75, 3.05) is 66.6 Å². The van der Waals surface area contributed by atoms with E-state index in [9.17, 15) is 0 Å². The van der Waals surface area contributed by atoms with Crippen LogP contribution < -0.4 is 0 Å². The highest BCUT2D eigenvalue weighted by Gasteiger charge is 2.10. The van der Waals surface area contributed by atoms with Gasteiger partial charge in [0.15, 0.2) is 0 Å². The lowest BCUT2D eigenvalue weighted by molar-refractivity contribution is 0.0106. The van der Waals surface area contributed by atoms with Crippen LogP contribution in [0, 0.1) is 5.92 Å². The molecule has 0 aromatic rings. The minimum absolute atomic E-state index is 0.431. The van der Waals surface area contributed by atoms with Crippen molar-refractivity contribution in [3.63, 3.8) is 0 Å². The number of hydrogen-bond acceptors (Lipinski definition) is 5. The van der Waals surface area contributed by atoms with Gasteiger partial charge in [-0.1, -0.05) is 0 Å². The molecule has 1 aliphatic heterocycles. The first-order valence-electron chi connectivity index (χ1n) is 6.73. The van der Waals surface area contributed by atoms with Crippen LogP contribution in [-0.4, -0.2) is 66.6 Å². The molecule has 1 fully saturated rings. The summed E-state index contributed by atoms with van der Waals surface area (Å²) in [5, 5.41) is 0. The van der Waals surface area contributed by atoms with Gasteiger partial charge < -0.3 is 23.7 Å². The zero-order valence-corrected chi connectivity index (χ0v) is 11.4. The van der Waals surface area contributed by atoms with Crippen LogP contribution in [0.3, 0.4) is 0 Å². The second-order valence-electron chi connectivity index (χ2n) is 4.38.